The van der Waals surface area contributed by atoms with Crippen LogP contribution in [0.25, 0.3) is 0 Å². The molecule has 0 saturated heterocycles. The molecule has 7 heteroatoms. The molecular formula is C15H16ClN3O2S. The van der Waals surface area contributed by atoms with E-state index in [1.54, 1.807) is 37.3 Å². The molecule has 0 aromatic heterocycles. The van der Waals surface area contributed by atoms with Gasteiger partial charge >= 0.3 is 0 Å². The van der Waals surface area contributed by atoms with E-state index in [9.17, 15) is 8.42 Å². The number of nitrogens with two attached hydrogens (primary N) is 1. The summed E-state index contributed by atoms with van der Waals surface area (Å²) < 4.78 is 24.3. The van der Waals surface area contributed by atoms with Gasteiger partial charge in [-0.1, -0.05) is 29.3 Å². The van der Waals surface area contributed by atoms with E-state index >= 15 is 0 Å². The SMILES string of the molecule is CC(=NNS(=O)(=O)c1ccc(C)cc1)c1ccc(Cl)cc1N. The number of hydrogen-bond donors (Lipinski definition) is 2. The number of nitrogen functional groups attached to an aromatic ring is 1. The third kappa shape index (κ3) is 3.78. The number of aryl methyl sites for hydroxylation is 1. The Bertz CT molecular complexity index is 815. The van der Waals surface area contributed by atoms with E-state index in [0.717, 1.165) is 5.56 Å². The third-order valence-electron chi connectivity index (χ3n) is 3.07. The zero-order valence-electron chi connectivity index (χ0n) is 12.2. The lowest BCUT2D eigenvalue weighted by atomic mass is 10.1. The van der Waals surface area contributed by atoms with Gasteiger partial charge in [-0.3, -0.25) is 0 Å². The topological polar surface area (TPSA) is 84.5 Å². The molecule has 0 bridgehead atoms. The highest BCUT2D eigenvalue weighted by Gasteiger charge is 2.13. The molecule has 0 aliphatic carbocycles. The van der Waals surface area contributed by atoms with Crippen molar-refractivity contribution >= 4 is 33.0 Å². The molecular weight excluding hydrogens is 322 g/mol. The van der Waals surface area contributed by atoms with Gasteiger partial charge in [-0.15, -0.1) is 0 Å². The molecule has 2 aromatic carbocycles. The normalized spacial score (nSPS) is 12.2. The molecule has 22 heavy (non-hydrogen) atoms. The minimum Gasteiger partial charge on any atom is -0.398 e. The van der Waals surface area contributed by atoms with Gasteiger partial charge in [-0.05, 0) is 44.2 Å². The number of benzene rings is 2. The molecule has 0 fully saturated rings. The lowest BCUT2D eigenvalue weighted by Crippen LogP contribution is -2.20. The number of hydrogen-bond acceptors (Lipinski definition) is 4. The van der Waals surface area contributed by atoms with Crippen LogP contribution >= 0.6 is 11.6 Å². The van der Waals surface area contributed by atoms with Crippen molar-refractivity contribution in [3.05, 3.63) is 58.6 Å². The number of rotatable bonds is 4. The van der Waals surface area contributed by atoms with E-state index in [1.807, 2.05) is 6.92 Å². The fourth-order valence-electron chi connectivity index (χ4n) is 1.82. The van der Waals surface area contributed by atoms with Crippen LogP contribution in [0.1, 0.15) is 18.1 Å². The largest absolute Gasteiger partial charge is 0.398 e. The molecule has 5 nitrogen and oxygen atoms in total. The van der Waals surface area contributed by atoms with Gasteiger partial charge in [0, 0.05) is 16.3 Å². The van der Waals surface area contributed by atoms with E-state index < -0.39 is 10.0 Å². The smallest absolute Gasteiger partial charge is 0.276 e. The number of anilines is 1. The molecule has 3 N–H and O–H groups in total. The first-order valence-electron chi connectivity index (χ1n) is 6.48. The molecule has 0 amide bonds. The van der Waals surface area contributed by atoms with Crippen molar-refractivity contribution in [1.82, 2.24) is 4.83 Å². The standard InChI is InChI=1S/C15H16ClN3O2S/c1-10-3-6-13(7-4-10)22(20,21)19-18-11(2)14-8-5-12(16)9-15(14)17/h3-9,19H,17H2,1-2H3. The number of nitrogens with one attached hydrogen (secondary N) is 1. The molecule has 0 aliphatic heterocycles. The molecule has 0 unspecified atom stereocenters. The monoisotopic (exact) mass is 337 g/mol. The summed E-state index contributed by atoms with van der Waals surface area (Å²) in [5, 5.41) is 4.42. The molecule has 0 aliphatic rings. The lowest BCUT2D eigenvalue weighted by Gasteiger charge is -2.08. The van der Waals surface area contributed by atoms with Gasteiger partial charge < -0.3 is 5.73 Å². The summed E-state index contributed by atoms with van der Waals surface area (Å²) in [6, 6.07) is 11.4. The Balaban J connectivity index is 2.24. The average Bonchev–Trinajstić information content (AvgIpc) is 2.45. The molecule has 0 radical (unpaired) electrons. The highest BCUT2D eigenvalue weighted by atomic mass is 35.5. The number of sulfonamides is 1. The van der Waals surface area contributed by atoms with Gasteiger partial charge in [0.2, 0.25) is 0 Å². The summed E-state index contributed by atoms with van der Waals surface area (Å²) >= 11 is 5.83. The van der Waals surface area contributed by atoms with Gasteiger partial charge in [-0.25, -0.2) is 0 Å². The number of hydrazone groups is 1. The maximum atomic E-state index is 12.1. The Morgan fingerprint density at radius 3 is 2.41 bits per heavy atom. The Kier molecular flexibility index (Phi) is 4.73. The Hall–Kier alpha value is -2.05. The van der Waals surface area contributed by atoms with Crippen LogP contribution in [-0.2, 0) is 10.0 Å². The van der Waals surface area contributed by atoms with Crippen LogP contribution in [0, 0.1) is 6.92 Å². The summed E-state index contributed by atoms with van der Waals surface area (Å²) in [5.74, 6) is 0. The van der Waals surface area contributed by atoms with E-state index in [4.69, 9.17) is 17.3 Å². The summed E-state index contributed by atoms with van der Waals surface area (Å²) in [5.41, 5.74) is 8.33. The number of halogens is 1. The van der Waals surface area contributed by atoms with Crippen LogP contribution in [0.5, 0.6) is 0 Å². The first-order chi connectivity index (χ1) is 10.3. The second kappa shape index (κ2) is 6.37. The Morgan fingerprint density at radius 1 is 1.18 bits per heavy atom. The maximum Gasteiger partial charge on any atom is 0.276 e. The van der Waals surface area contributed by atoms with Gasteiger partial charge in [0.1, 0.15) is 0 Å². The van der Waals surface area contributed by atoms with Crippen molar-refractivity contribution in [1.29, 1.82) is 0 Å². The van der Waals surface area contributed by atoms with Crippen molar-refractivity contribution in [2.75, 3.05) is 5.73 Å². The average molecular weight is 338 g/mol. The zero-order chi connectivity index (χ0) is 16.3. The molecule has 0 atom stereocenters. The number of nitrogens with zero attached hydrogens (tertiary/aromatic N) is 1. The summed E-state index contributed by atoms with van der Waals surface area (Å²) in [6.07, 6.45) is 0. The first-order valence-corrected chi connectivity index (χ1v) is 8.34. The predicted molar refractivity (Wildman–Crippen MR) is 89.6 cm³/mol. The van der Waals surface area contributed by atoms with E-state index in [0.29, 0.717) is 22.0 Å². The molecule has 2 aromatic rings. The minimum atomic E-state index is -3.71. The fraction of sp³-hybridized carbons (Fsp3) is 0.133. The molecule has 0 saturated carbocycles. The van der Waals surface area contributed by atoms with Crippen molar-refractivity contribution in [2.24, 2.45) is 5.10 Å². The van der Waals surface area contributed by atoms with Crippen LogP contribution in [0.4, 0.5) is 5.69 Å². The fourth-order valence-corrected chi connectivity index (χ4v) is 2.86. The molecule has 0 heterocycles. The molecule has 116 valence electrons. The van der Waals surface area contributed by atoms with Crippen LogP contribution in [0.3, 0.4) is 0 Å². The van der Waals surface area contributed by atoms with Crippen LogP contribution < -0.4 is 10.6 Å². The quantitative estimate of drug-likeness (QED) is 0.511. The van der Waals surface area contributed by atoms with Crippen molar-refractivity contribution in [3.63, 3.8) is 0 Å². The van der Waals surface area contributed by atoms with Gasteiger partial charge in [0.25, 0.3) is 10.0 Å². The van der Waals surface area contributed by atoms with Crippen LogP contribution in [0.15, 0.2) is 52.5 Å². The summed E-state index contributed by atoms with van der Waals surface area (Å²) in [4.78, 5) is 2.36. The third-order valence-corrected chi connectivity index (χ3v) is 4.53. The zero-order valence-corrected chi connectivity index (χ0v) is 13.7. The molecule has 2 rings (SSSR count). The van der Waals surface area contributed by atoms with Crippen molar-refractivity contribution in [2.45, 2.75) is 18.7 Å². The van der Waals surface area contributed by atoms with Gasteiger partial charge in [0.15, 0.2) is 0 Å². The summed E-state index contributed by atoms with van der Waals surface area (Å²) in [6.45, 7) is 3.55. The maximum absolute atomic E-state index is 12.1. The first kappa shape index (κ1) is 16.3. The van der Waals surface area contributed by atoms with Crippen LogP contribution in [0.2, 0.25) is 5.02 Å². The van der Waals surface area contributed by atoms with E-state index in [-0.39, 0.29) is 4.90 Å². The van der Waals surface area contributed by atoms with Gasteiger partial charge in [-0.2, -0.15) is 18.4 Å². The lowest BCUT2D eigenvalue weighted by molar-refractivity contribution is 0.584. The Labute approximate surface area is 134 Å². The minimum absolute atomic E-state index is 0.152. The highest BCUT2D eigenvalue weighted by Crippen LogP contribution is 2.19. The van der Waals surface area contributed by atoms with E-state index in [1.165, 1.54) is 12.1 Å². The second-order valence-corrected chi connectivity index (χ2v) is 6.93. The van der Waals surface area contributed by atoms with Crippen molar-refractivity contribution in [3.8, 4) is 0 Å². The second-order valence-electron chi connectivity index (χ2n) is 4.84. The Morgan fingerprint density at radius 2 is 1.82 bits per heavy atom. The van der Waals surface area contributed by atoms with Gasteiger partial charge in [0.05, 0.1) is 10.6 Å². The molecule has 0 spiro atoms. The predicted octanol–water partition coefficient (Wildman–Crippen LogP) is 2.93. The summed E-state index contributed by atoms with van der Waals surface area (Å²) in [7, 11) is -3.71. The van der Waals surface area contributed by atoms with E-state index in [2.05, 4.69) is 9.93 Å². The van der Waals surface area contributed by atoms with Crippen molar-refractivity contribution < 1.29 is 8.42 Å². The van der Waals surface area contributed by atoms with Crippen LogP contribution in [-0.4, -0.2) is 14.1 Å². The highest BCUT2D eigenvalue weighted by molar-refractivity contribution is 7.89.